The van der Waals surface area contributed by atoms with Crippen molar-refractivity contribution in [2.24, 2.45) is 28.6 Å². The molecule has 0 N–H and O–H groups in total. The first-order valence-corrected chi connectivity index (χ1v) is 12.0. The number of hydrogen-bond acceptors (Lipinski definition) is 3. The Balaban J connectivity index is 1.38. The fourth-order valence-corrected chi connectivity index (χ4v) is 7.53. The van der Waals surface area contributed by atoms with E-state index in [4.69, 9.17) is 4.74 Å². The van der Waals surface area contributed by atoms with Gasteiger partial charge in [0.15, 0.2) is 0 Å². The molecule has 0 spiro atoms. The molecule has 2 saturated carbocycles. The summed E-state index contributed by atoms with van der Waals surface area (Å²) in [7, 11) is 1.88. The Hall–Kier alpha value is -1.84. The van der Waals surface area contributed by atoms with Gasteiger partial charge in [0.25, 0.3) is 5.97 Å². The van der Waals surface area contributed by atoms with Crippen molar-refractivity contribution in [2.75, 3.05) is 0 Å². The SMILES string of the molecule is BCC(=O)O[C@H]1CC[C@@]2(C)C(=CCC3C2CC[C@]2(C)C(c4cccnc4)=CCC32)C1. The van der Waals surface area contributed by atoms with Crippen molar-refractivity contribution in [3.8, 4) is 0 Å². The second-order valence-corrected chi connectivity index (χ2v) is 10.5. The largest absolute Gasteiger partial charge is 0.463 e. The number of pyridine rings is 1. The van der Waals surface area contributed by atoms with Crippen molar-refractivity contribution < 1.29 is 9.53 Å². The number of carbonyl (C=O) groups excluding carboxylic acids is 1. The maximum Gasteiger partial charge on any atom is 0.298 e. The predicted molar refractivity (Wildman–Crippen MR) is 123 cm³/mol. The molecule has 0 saturated heterocycles. The highest BCUT2D eigenvalue weighted by atomic mass is 16.5. The highest BCUT2D eigenvalue weighted by Crippen LogP contribution is 2.66. The van der Waals surface area contributed by atoms with E-state index in [1.807, 2.05) is 20.2 Å². The fourth-order valence-electron chi connectivity index (χ4n) is 7.53. The van der Waals surface area contributed by atoms with E-state index in [-0.39, 0.29) is 22.9 Å². The van der Waals surface area contributed by atoms with Crippen LogP contribution >= 0.6 is 0 Å². The molecule has 4 aliphatic carbocycles. The molecule has 0 aromatic carbocycles. The first-order chi connectivity index (χ1) is 14.5. The Morgan fingerprint density at radius 1 is 1.17 bits per heavy atom. The summed E-state index contributed by atoms with van der Waals surface area (Å²) in [6.45, 7) is 5.03. The van der Waals surface area contributed by atoms with E-state index >= 15 is 0 Å². The number of allylic oxidation sites excluding steroid dienone is 3. The van der Waals surface area contributed by atoms with Gasteiger partial charge in [-0.3, -0.25) is 9.78 Å². The Kier molecular flexibility index (Phi) is 4.95. The van der Waals surface area contributed by atoms with Gasteiger partial charge >= 0.3 is 0 Å². The molecule has 30 heavy (non-hydrogen) atoms. The van der Waals surface area contributed by atoms with E-state index in [2.05, 4.69) is 43.1 Å². The van der Waals surface area contributed by atoms with Crippen LogP contribution in [-0.2, 0) is 9.53 Å². The molecule has 0 bridgehead atoms. The van der Waals surface area contributed by atoms with Crippen LogP contribution < -0.4 is 0 Å². The maximum absolute atomic E-state index is 11.8. The van der Waals surface area contributed by atoms with Gasteiger partial charge in [0.1, 0.15) is 14.0 Å². The minimum Gasteiger partial charge on any atom is -0.463 e. The smallest absolute Gasteiger partial charge is 0.298 e. The monoisotopic (exact) mass is 403 g/mol. The zero-order valence-electron chi connectivity index (χ0n) is 18.7. The number of esters is 1. The van der Waals surface area contributed by atoms with Crippen LogP contribution in [0.1, 0.15) is 64.4 Å². The van der Waals surface area contributed by atoms with E-state index in [1.54, 1.807) is 5.57 Å². The Morgan fingerprint density at radius 3 is 2.77 bits per heavy atom. The van der Waals surface area contributed by atoms with Crippen molar-refractivity contribution in [1.29, 1.82) is 0 Å². The minimum atomic E-state index is -0.0497. The summed E-state index contributed by atoms with van der Waals surface area (Å²) >= 11 is 0. The lowest BCUT2D eigenvalue weighted by molar-refractivity contribution is -0.148. The van der Waals surface area contributed by atoms with Gasteiger partial charge in [0, 0.05) is 25.1 Å². The summed E-state index contributed by atoms with van der Waals surface area (Å²) in [6, 6.07) is 4.30. The van der Waals surface area contributed by atoms with Gasteiger partial charge in [-0.05, 0) is 84.3 Å². The van der Waals surface area contributed by atoms with E-state index in [0.29, 0.717) is 6.32 Å². The number of hydrogen-bond donors (Lipinski definition) is 0. The van der Waals surface area contributed by atoms with Gasteiger partial charge in [-0.25, -0.2) is 0 Å². The molecule has 3 unspecified atom stereocenters. The third-order valence-corrected chi connectivity index (χ3v) is 9.20. The first kappa shape index (κ1) is 20.1. The molecule has 4 aliphatic rings. The Labute approximate surface area is 181 Å². The lowest BCUT2D eigenvalue weighted by atomic mass is 9.47. The molecule has 1 heterocycles. The summed E-state index contributed by atoms with van der Waals surface area (Å²) < 4.78 is 5.72. The van der Waals surface area contributed by atoms with Gasteiger partial charge < -0.3 is 4.74 Å². The second-order valence-electron chi connectivity index (χ2n) is 10.5. The van der Waals surface area contributed by atoms with Gasteiger partial charge in [0.05, 0.1) is 0 Å². The summed E-state index contributed by atoms with van der Waals surface area (Å²) in [5, 5.41) is 0. The van der Waals surface area contributed by atoms with Crippen molar-refractivity contribution in [3.05, 3.63) is 47.8 Å². The number of fused-ring (bicyclic) bond motifs is 5. The predicted octanol–water partition coefficient (Wildman–Crippen LogP) is 5.00. The molecule has 1 aromatic rings. The highest BCUT2D eigenvalue weighted by molar-refractivity contribution is 6.18. The van der Waals surface area contributed by atoms with Gasteiger partial charge in [-0.2, -0.15) is 0 Å². The molecule has 2 fully saturated rings. The van der Waals surface area contributed by atoms with Crippen LogP contribution in [0.3, 0.4) is 0 Å². The Morgan fingerprint density at radius 2 is 2.00 bits per heavy atom. The number of carbonyl (C=O) groups is 1. The molecule has 0 amide bonds. The second kappa shape index (κ2) is 7.39. The average Bonchev–Trinajstić information content (AvgIpc) is 3.11. The zero-order chi connectivity index (χ0) is 20.9. The van der Waals surface area contributed by atoms with E-state index in [9.17, 15) is 4.79 Å². The van der Waals surface area contributed by atoms with Crippen molar-refractivity contribution in [1.82, 2.24) is 4.98 Å². The number of nitrogens with zero attached hydrogens (tertiary/aromatic N) is 1. The standard InChI is InChI=1S/C26H34BNO2/c1-25-11-9-19(30-24(29)15-27)14-18(25)5-6-20-22-8-7-21(17-4-3-13-28-16-17)26(22,2)12-10-23(20)25/h3-5,7,13,16,19-20,22-23H,6,8-12,14-15,27H2,1-2H3/t19-,20?,22?,23?,25-,26+/m0/s1. The normalized spacial score (nSPS) is 39.8. The van der Waals surface area contributed by atoms with Crippen LogP contribution in [0.5, 0.6) is 0 Å². The molecule has 0 radical (unpaired) electrons. The maximum atomic E-state index is 11.8. The summed E-state index contributed by atoms with van der Waals surface area (Å²) in [5.41, 5.74) is 4.99. The van der Waals surface area contributed by atoms with Crippen molar-refractivity contribution >= 4 is 19.4 Å². The van der Waals surface area contributed by atoms with E-state index in [1.165, 1.54) is 36.8 Å². The fraction of sp³-hybridized carbons (Fsp3) is 0.615. The zero-order valence-corrected chi connectivity index (χ0v) is 18.7. The molecular formula is C26H34BNO2. The molecule has 6 atom stereocenters. The molecule has 5 rings (SSSR count). The van der Waals surface area contributed by atoms with Crippen LogP contribution in [0, 0.1) is 28.6 Å². The van der Waals surface area contributed by atoms with Crippen LogP contribution in [0.4, 0.5) is 0 Å². The summed E-state index contributed by atoms with van der Waals surface area (Å²) in [5.74, 6) is 2.21. The molecule has 4 heteroatoms. The first-order valence-electron chi connectivity index (χ1n) is 12.0. The molecular weight excluding hydrogens is 369 g/mol. The summed E-state index contributed by atoms with van der Waals surface area (Å²) in [6.07, 6.45) is 17.7. The highest BCUT2D eigenvalue weighted by Gasteiger charge is 2.57. The number of aromatic nitrogens is 1. The van der Waals surface area contributed by atoms with Crippen LogP contribution in [0.15, 0.2) is 42.3 Å². The molecule has 1 aromatic heterocycles. The van der Waals surface area contributed by atoms with Gasteiger partial charge in [-0.15, -0.1) is 0 Å². The van der Waals surface area contributed by atoms with E-state index < -0.39 is 0 Å². The topological polar surface area (TPSA) is 39.2 Å². The lowest BCUT2D eigenvalue weighted by Crippen LogP contribution is -2.50. The molecule has 0 aliphatic heterocycles. The number of ether oxygens (including phenoxy) is 1. The van der Waals surface area contributed by atoms with E-state index in [0.717, 1.165) is 37.0 Å². The Bertz CT molecular complexity index is 894. The number of rotatable bonds is 3. The molecule has 158 valence electrons. The molecule has 3 nitrogen and oxygen atoms in total. The third-order valence-electron chi connectivity index (χ3n) is 9.20. The van der Waals surface area contributed by atoms with Crippen molar-refractivity contribution in [3.63, 3.8) is 0 Å². The minimum absolute atomic E-state index is 0.0497. The van der Waals surface area contributed by atoms with Gasteiger partial charge in [0.2, 0.25) is 0 Å². The lowest BCUT2D eigenvalue weighted by Gasteiger charge is -2.57. The summed E-state index contributed by atoms with van der Waals surface area (Å²) in [4.78, 5) is 16.2. The average molecular weight is 403 g/mol. The third kappa shape index (κ3) is 3.01. The van der Waals surface area contributed by atoms with Crippen LogP contribution in [0.25, 0.3) is 5.57 Å². The van der Waals surface area contributed by atoms with Crippen molar-refractivity contribution in [2.45, 2.75) is 71.2 Å². The quantitative estimate of drug-likeness (QED) is 0.405. The van der Waals surface area contributed by atoms with Crippen LogP contribution in [0.2, 0.25) is 6.32 Å². The van der Waals surface area contributed by atoms with Gasteiger partial charge in [-0.1, -0.05) is 37.6 Å². The van der Waals surface area contributed by atoms with Crippen LogP contribution in [-0.4, -0.2) is 24.9 Å².